The van der Waals surface area contributed by atoms with Crippen molar-refractivity contribution in [3.8, 4) is 0 Å². The summed E-state index contributed by atoms with van der Waals surface area (Å²) in [7, 11) is 0. The lowest BCUT2D eigenvalue weighted by Crippen LogP contribution is -2.16. The van der Waals surface area contributed by atoms with E-state index in [1.54, 1.807) is 0 Å². The number of carbonyl (C=O) groups excluding carboxylic acids is 1. The average Bonchev–Trinajstić information content (AvgIpc) is 2.60. The van der Waals surface area contributed by atoms with Crippen molar-refractivity contribution in [3.05, 3.63) is 11.8 Å². The smallest absolute Gasteiger partial charge is 0.229 e. The number of nitrogens with one attached hydrogen (secondary N) is 2. The topological polar surface area (TPSA) is 57.8 Å². The molecule has 0 saturated heterocycles. The second kappa shape index (κ2) is 3.08. The molecule has 0 aliphatic heterocycles. The van der Waals surface area contributed by atoms with Gasteiger partial charge in [0.2, 0.25) is 5.91 Å². The van der Waals surface area contributed by atoms with Gasteiger partial charge in [-0.15, -0.1) is 0 Å². The van der Waals surface area contributed by atoms with E-state index in [-0.39, 0.29) is 11.8 Å². The number of carbonyl (C=O) groups is 1. The van der Waals surface area contributed by atoms with Crippen LogP contribution in [0.5, 0.6) is 0 Å². The van der Waals surface area contributed by atoms with Crippen LogP contribution in [0.3, 0.4) is 0 Å². The molecule has 0 spiro atoms. The summed E-state index contributed by atoms with van der Waals surface area (Å²) in [6.45, 7) is 1.93. The van der Waals surface area contributed by atoms with Crippen molar-refractivity contribution in [2.24, 2.45) is 17.8 Å². The Morgan fingerprint density at radius 2 is 2.27 bits per heavy atom. The number of nitrogens with zero attached hydrogens (tertiary/aromatic N) is 1. The minimum absolute atomic E-state index is 0.163. The van der Waals surface area contributed by atoms with Crippen LogP contribution in [0.2, 0.25) is 0 Å². The van der Waals surface area contributed by atoms with Crippen molar-refractivity contribution >= 4 is 11.7 Å². The molecule has 2 fully saturated rings. The van der Waals surface area contributed by atoms with Crippen LogP contribution >= 0.6 is 0 Å². The van der Waals surface area contributed by atoms with E-state index in [1.165, 1.54) is 19.3 Å². The molecule has 4 heteroatoms. The standard InChI is InChI=1S/C11H15N3O/c1-6-5-9(14-13-6)12-11(15)10-7-3-2-4-8(7)10/h5,7-8,10H,2-4H2,1H3,(H2,12,13,14,15). The second-order valence-electron chi connectivity index (χ2n) is 4.71. The summed E-state index contributed by atoms with van der Waals surface area (Å²) < 4.78 is 0. The van der Waals surface area contributed by atoms with Gasteiger partial charge in [-0.05, 0) is 31.6 Å². The van der Waals surface area contributed by atoms with Crippen LogP contribution < -0.4 is 5.32 Å². The highest BCUT2D eigenvalue weighted by Gasteiger charge is 2.56. The van der Waals surface area contributed by atoms with Crippen molar-refractivity contribution in [3.63, 3.8) is 0 Å². The minimum atomic E-state index is 0.163. The number of fused-ring (bicyclic) bond motifs is 1. The van der Waals surface area contributed by atoms with Crippen LogP contribution in [0.25, 0.3) is 0 Å². The van der Waals surface area contributed by atoms with Gasteiger partial charge < -0.3 is 5.32 Å². The van der Waals surface area contributed by atoms with Crippen LogP contribution in [-0.4, -0.2) is 16.1 Å². The number of aromatic amines is 1. The third-order valence-corrected chi connectivity index (χ3v) is 3.67. The first-order valence-corrected chi connectivity index (χ1v) is 5.58. The van der Waals surface area contributed by atoms with Crippen LogP contribution in [-0.2, 0) is 4.79 Å². The number of amides is 1. The Balaban J connectivity index is 1.63. The van der Waals surface area contributed by atoms with Gasteiger partial charge in [0.05, 0.1) is 0 Å². The van der Waals surface area contributed by atoms with E-state index in [1.807, 2.05) is 13.0 Å². The molecule has 15 heavy (non-hydrogen) atoms. The summed E-state index contributed by atoms with van der Waals surface area (Å²) >= 11 is 0. The molecular weight excluding hydrogens is 190 g/mol. The fourth-order valence-corrected chi connectivity index (χ4v) is 2.90. The first-order chi connectivity index (χ1) is 7.25. The van der Waals surface area contributed by atoms with Crippen molar-refractivity contribution in [2.45, 2.75) is 26.2 Å². The van der Waals surface area contributed by atoms with Crippen molar-refractivity contribution < 1.29 is 4.79 Å². The number of anilines is 1. The number of hydrogen-bond donors (Lipinski definition) is 2. The molecule has 2 aliphatic rings. The molecule has 80 valence electrons. The van der Waals surface area contributed by atoms with Gasteiger partial charge in [-0.2, -0.15) is 5.10 Å². The Bertz CT molecular complexity index is 388. The number of aryl methyl sites for hydroxylation is 1. The summed E-state index contributed by atoms with van der Waals surface area (Å²) in [4.78, 5) is 11.8. The molecule has 0 radical (unpaired) electrons. The molecule has 2 N–H and O–H groups in total. The molecule has 1 aromatic rings. The zero-order valence-corrected chi connectivity index (χ0v) is 8.79. The number of aromatic nitrogens is 2. The van der Waals surface area contributed by atoms with E-state index in [9.17, 15) is 4.79 Å². The highest BCUT2D eigenvalue weighted by Crippen LogP contribution is 2.57. The predicted molar refractivity (Wildman–Crippen MR) is 56.3 cm³/mol. The Labute approximate surface area is 88.4 Å². The molecule has 2 atom stereocenters. The number of rotatable bonds is 2. The first-order valence-electron chi connectivity index (χ1n) is 5.58. The molecule has 0 bridgehead atoms. The van der Waals surface area contributed by atoms with E-state index >= 15 is 0 Å². The molecule has 2 aliphatic carbocycles. The number of hydrogen-bond acceptors (Lipinski definition) is 2. The Hall–Kier alpha value is -1.32. The lowest BCUT2D eigenvalue weighted by atomic mass is 10.1. The van der Waals surface area contributed by atoms with Crippen LogP contribution in [0.1, 0.15) is 25.0 Å². The van der Waals surface area contributed by atoms with E-state index in [2.05, 4.69) is 15.5 Å². The Kier molecular flexibility index (Phi) is 1.84. The highest BCUT2D eigenvalue weighted by atomic mass is 16.2. The summed E-state index contributed by atoms with van der Waals surface area (Å²) in [6, 6.07) is 1.86. The van der Waals surface area contributed by atoms with E-state index < -0.39 is 0 Å². The van der Waals surface area contributed by atoms with Crippen LogP contribution in [0.4, 0.5) is 5.82 Å². The lowest BCUT2D eigenvalue weighted by Gasteiger charge is -2.02. The molecule has 2 unspecified atom stereocenters. The zero-order valence-electron chi connectivity index (χ0n) is 8.79. The maximum atomic E-state index is 11.8. The van der Waals surface area contributed by atoms with E-state index in [4.69, 9.17) is 0 Å². The van der Waals surface area contributed by atoms with Crippen molar-refractivity contribution in [1.82, 2.24) is 10.2 Å². The van der Waals surface area contributed by atoms with Crippen LogP contribution in [0, 0.1) is 24.7 Å². The van der Waals surface area contributed by atoms with Gasteiger partial charge in [0.1, 0.15) is 0 Å². The maximum Gasteiger partial charge on any atom is 0.229 e. The molecule has 1 amide bonds. The summed E-state index contributed by atoms with van der Waals surface area (Å²) in [6.07, 6.45) is 3.78. The Morgan fingerprint density at radius 3 is 2.87 bits per heavy atom. The third-order valence-electron chi connectivity index (χ3n) is 3.67. The third kappa shape index (κ3) is 1.44. The fourth-order valence-electron chi connectivity index (χ4n) is 2.90. The van der Waals surface area contributed by atoms with E-state index in [0.717, 1.165) is 5.69 Å². The zero-order chi connectivity index (χ0) is 10.4. The van der Waals surface area contributed by atoms with Gasteiger partial charge >= 0.3 is 0 Å². The van der Waals surface area contributed by atoms with Gasteiger partial charge in [0.15, 0.2) is 5.82 Å². The summed E-state index contributed by atoms with van der Waals surface area (Å²) in [5.41, 5.74) is 0.973. The molecule has 1 aromatic heterocycles. The molecule has 3 rings (SSSR count). The second-order valence-corrected chi connectivity index (χ2v) is 4.71. The lowest BCUT2D eigenvalue weighted by molar-refractivity contribution is -0.118. The summed E-state index contributed by atoms with van der Waals surface area (Å²) in [5.74, 6) is 2.43. The van der Waals surface area contributed by atoms with Gasteiger partial charge in [0.25, 0.3) is 0 Å². The molecular formula is C11H15N3O. The van der Waals surface area contributed by atoms with Gasteiger partial charge in [-0.25, -0.2) is 0 Å². The van der Waals surface area contributed by atoms with Gasteiger partial charge in [-0.1, -0.05) is 6.42 Å². The average molecular weight is 205 g/mol. The maximum absolute atomic E-state index is 11.8. The quantitative estimate of drug-likeness (QED) is 0.772. The molecule has 4 nitrogen and oxygen atoms in total. The summed E-state index contributed by atoms with van der Waals surface area (Å²) in [5, 5.41) is 9.69. The molecule has 0 aromatic carbocycles. The van der Waals surface area contributed by atoms with Crippen molar-refractivity contribution in [1.29, 1.82) is 0 Å². The largest absolute Gasteiger partial charge is 0.309 e. The van der Waals surface area contributed by atoms with E-state index in [0.29, 0.717) is 17.7 Å². The first kappa shape index (κ1) is 8.95. The SMILES string of the molecule is Cc1cc(NC(=O)C2C3CCCC32)n[nH]1. The highest BCUT2D eigenvalue weighted by molar-refractivity contribution is 5.94. The molecule has 2 saturated carbocycles. The Morgan fingerprint density at radius 1 is 1.53 bits per heavy atom. The normalized spacial score (nSPS) is 32.5. The van der Waals surface area contributed by atoms with Gasteiger partial charge in [0, 0.05) is 17.7 Å². The fraction of sp³-hybridized carbons (Fsp3) is 0.636. The molecule has 1 heterocycles. The minimum Gasteiger partial charge on any atom is -0.309 e. The number of H-pyrrole nitrogens is 1. The monoisotopic (exact) mass is 205 g/mol. The van der Waals surface area contributed by atoms with Crippen LogP contribution in [0.15, 0.2) is 6.07 Å². The predicted octanol–water partition coefficient (Wildman–Crippen LogP) is 1.70. The van der Waals surface area contributed by atoms with Crippen molar-refractivity contribution in [2.75, 3.05) is 5.32 Å². The van der Waals surface area contributed by atoms with Gasteiger partial charge in [-0.3, -0.25) is 9.89 Å².